The molecule has 0 spiro atoms. The molecule has 1 saturated heterocycles. The van der Waals surface area contributed by atoms with Crippen LogP contribution in [0.3, 0.4) is 0 Å². The third-order valence-corrected chi connectivity index (χ3v) is 4.34. The fourth-order valence-electron chi connectivity index (χ4n) is 2.93. The first-order valence-corrected chi connectivity index (χ1v) is 7.93. The lowest BCUT2D eigenvalue weighted by atomic mass is 10.1. The van der Waals surface area contributed by atoms with Gasteiger partial charge in [0.2, 0.25) is 5.89 Å². The van der Waals surface area contributed by atoms with E-state index in [-0.39, 0.29) is 6.04 Å². The molecule has 112 valence electrons. The first-order chi connectivity index (χ1) is 9.63. The van der Waals surface area contributed by atoms with E-state index >= 15 is 0 Å². The maximum absolute atomic E-state index is 5.46. The number of hydrogen-bond donors (Lipinski definition) is 0. The molecule has 1 aliphatic heterocycles. The summed E-state index contributed by atoms with van der Waals surface area (Å²) in [6, 6.07) is 0.246. The molecule has 20 heavy (non-hydrogen) atoms. The van der Waals surface area contributed by atoms with Gasteiger partial charge in [-0.05, 0) is 25.7 Å². The van der Waals surface area contributed by atoms with Crippen LogP contribution < -0.4 is 0 Å². The number of hydrogen-bond acceptors (Lipinski definition) is 5. The van der Waals surface area contributed by atoms with Gasteiger partial charge in [-0.25, -0.2) is 0 Å². The molecule has 2 aliphatic rings. The Labute approximate surface area is 121 Å². The third kappa shape index (κ3) is 3.20. The maximum atomic E-state index is 5.46. The lowest BCUT2D eigenvalue weighted by Gasteiger charge is -2.37. The standard InChI is InChI=1S/C15H26N4O/c1-11(2)10-18-6-8-19(9-7-18)12(3)15-16-14(17-20-15)13-4-5-13/h11-13H,4-10H2,1-3H3/t12-/m0/s1. The summed E-state index contributed by atoms with van der Waals surface area (Å²) >= 11 is 0. The number of aromatic nitrogens is 2. The summed E-state index contributed by atoms with van der Waals surface area (Å²) < 4.78 is 5.46. The molecule has 0 radical (unpaired) electrons. The monoisotopic (exact) mass is 278 g/mol. The molecule has 2 fully saturated rings. The number of piperazine rings is 1. The van der Waals surface area contributed by atoms with Crippen LogP contribution in [0.2, 0.25) is 0 Å². The normalized spacial score (nSPS) is 23.4. The van der Waals surface area contributed by atoms with Crippen molar-refractivity contribution in [2.75, 3.05) is 32.7 Å². The van der Waals surface area contributed by atoms with Crippen LogP contribution in [0.15, 0.2) is 4.52 Å². The number of rotatable bonds is 5. The summed E-state index contributed by atoms with van der Waals surface area (Å²) in [5.41, 5.74) is 0. The highest BCUT2D eigenvalue weighted by Crippen LogP contribution is 2.38. The van der Waals surface area contributed by atoms with E-state index in [1.165, 1.54) is 19.4 Å². The van der Waals surface area contributed by atoms with E-state index in [0.717, 1.165) is 43.8 Å². The Morgan fingerprint density at radius 3 is 2.45 bits per heavy atom. The molecule has 1 aromatic heterocycles. The highest BCUT2D eigenvalue weighted by molar-refractivity contribution is 5.04. The SMILES string of the molecule is CC(C)CN1CCN([C@@H](C)c2nc(C3CC3)no2)CC1. The van der Waals surface area contributed by atoms with Gasteiger partial charge in [0, 0.05) is 38.6 Å². The Bertz CT molecular complexity index is 433. The predicted molar refractivity (Wildman–Crippen MR) is 77.5 cm³/mol. The predicted octanol–water partition coefficient (Wildman–Crippen LogP) is 2.28. The molecule has 1 aliphatic carbocycles. The molecule has 1 aromatic rings. The van der Waals surface area contributed by atoms with Crippen LogP contribution in [0.5, 0.6) is 0 Å². The molecule has 5 heteroatoms. The molecule has 2 heterocycles. The molecule has 1 atom stereocenters. The van der Waals surface area contributed by atoms with Crippen molar-refractivity contribution < 1.29 is 4.52 Å². The van der Waals surface area contributed by atoms with Crippen molar-refractivity contribution in [1.29, 1.82) is 0 Å². The maximum Gasteiger partial charge on any atom is 0.243 e. The van der Waals surface area contributed by atoms with Crippen molar-refractivity contribution >= 4 is 0 Å². The summed E-state index contributed by atoms with van der Waals surface area (Å²) in [5, 5.41) is 4.13. The smallest absolute Gasteiger partial charge is 0.243 e. The molecular formula is C15H26N4O. The average Bonchev–Trinajstić information content (AvgIpc) is 3.16. The molecule has 1 saturated carbocycles. The summed E-state index contributed by atoms with van der Waals surface area (Å²) in [7, 11) is 0. The molecule has 0 bridgehead atoms. The van der Waals surface area contributed by atoms with Crippen LogP contribution in [0.4, 0.5) is 0 Å². The van der Waals surface area contributed by atoms with Gasteiger partial charge in [0.05, 0.1) is 6.04 Å². The first-order valence-electron chi connectivity index (χ1n) is 7.93. The van der Waals surface area contributed by atoms with Gasteiger partial charge in [-0.3, -0.25) is 4.90 Å². The van der Waals surface area contributed by atoms with E-state index in [1.54, 1.807) is 0 Å². The van der Waals surface area contributed by atoms with E-state index in [0.29, 0.717) is 5.92 Å². The summed E-state index contributed by atoms with van der Waals surface area (Å²) in [4.78, 5) is 9.59. The van der Waals surface area contributed by atoms with Crippen molar-refractivity contribution in [2.24, 2.45) is 5.92 Å². The zero-order valence-electron chi connectivity index (χ0n) is 12.9. The van der Waals surface area contributed by atoms with Crippen molar-refractivity contribution in [3.63, 3.8) is 0 Å². The Morgan fingerprint density at radius 1 is 1.15 bits per heavy atom. The van der Waals surface area contributed by atoms with Gasteiger partial charge in [0.25, 0.3) is 0 Å². The van der Waals surface area contributed by atoms with Gasteiger partial charge in [0.15, 0.2) is 5.82 Å². The second kappa shape index (κ2) is 5.82. The minimum atomic E-state index is 0.246. The van der Waals surface area contributed by atoms with Crippen LogP contribution in [0.25, 0.3) is 0 Å². The Hall–Kier alpha value is -0.940. The van der Waals surface area contributed by atoms with Crippen molar-refractivity contribution in [2.45, 2.75) is 45.6 Å². The molecule has 0 unspecified atom stereocenters. The second-order valence-corrected chi connectivity index (χ2v) is 6.67. The molecular weight excluding hydrogens is 252 g/mol. The highest BCUT2D eigenvalue weighted by atomic mass is 16.5. The third-order valence-electron chi connectivity index (χ3n) is 4.34. The van der Waals surface area contributed by atoms with E-state index in [2.05, 4.69) is 40.7 Å². The minimum absolute atomic E-state index is 0.246. The van der Waals surface area contributed by atoms with Gasteiger partial charge < -0.3 is 9.42 Å². The van der Waals surface area contributed by atoms with Crippen molar-refractivity contribution in [3.05, 3.63) is 11.7 Å². The quantitative estimate of drug-likeness (QED) is 0.827. The van der Waals surface area contributed by atoms with Crippen LogP contribution in [0, 0.1) is 5.92 Å². The highest BCUT2D eigenvalue weighted by Gasteiger charge is 2.31. The van der Waals surface area contributed by atoms with Crippen LogP contribution >= 0.6 is 0 Å². The molecule has 0 aromatic carbocycles. The van der Waals surface area contributed by atoms with Gasteiger partial charge in [-0.15, -0.1) is 0 Å². The molecule has 5 nitrogen and oxygen atoms in total. The fraction of sp³-hybridized carbons (Fsp3) is 0.867. The summed E-state index contributed by atoms with van der Waals surface area (Å²) in [6.45, 7) is 12.4. The lowest BCUT2D eigenvalue weighted by molar-refractivity contribution is 0.0821. The number of nitrogens with zero attached hydrogens (tertiary/aromatic N) is 4. The molecule has 3 rings (SSSR count). The first kappa shape index (κ1) is 14.0. The van der Waals surface area contributed by atoms with Crippen molar-refractivity contribution in [1.82, 2.24) is 19.9 Å². The van der Waals surface area contributed by atoms with E-state index in [9.17, 15) is 0 Å². The Morgan fingerprint density at radius 2 is 1.85 bits per heavy atom. The van der Waals surface area contributed by atoms with Crippen LogP contribution in [-0.4, -0.2) is 52.7 Å². The Kier molecular flexibility index (Phi) is 4.08. The zero-order chi connectivity index (χ0) is 14.1. The van der Waals surface area contributed by atoms with Crippen LogP contribution in [0.1, 0.15) is 57.3 Å². The minimum Gasteiger partial charge on any atom is -0.338 e. The fourth-order valence-corrected chi connectivity index (χ4v) is 2.93. The van der Waals surface area contributed by atoms with Gasteiger partial charge in [-0.1, -0.05) is 19.0 Å². The van der Waals surface area contributed by atoms with Gasteiger partial charge >= 0.3 is 0 Å². The molecule has 0 amide bonds. The van der Waals surface area contributed by atoms with E-state index < -0.39 is 0 Å². The van der Waals surface area contributed by atoms with Crippen molar-refractivity contribution in [3.8, 4) is 0 Å². The average molecular weight is 278 g/mol. The van der Waals surface area contributed by atoms with Gasteiger partial charge in [-0.2, -0.15) is 4.98 Å². The Balaban J connectivity index is 1.53. The second-order valence-electron chi connectivity index (χ2n) is 6.67. The molecule has 0 N–H and O–H groups in total. The van der Waals surface area contributed by atoms with Gasteiger partial charge in [0.1, 0.15) is 0 Å². The summed E-state index contributed by atoms with van der Waals surface area (Å²) in [5.74, 6) is 3.04. The van der Waals surface area contributed by atoms with E-state index in [1.807, 2.05) is 0 Å². The van der Waals surface area contributed by atoms with E-state index in [4.69, 9.17) is 4.52 Å². The van der Waals surface area contributed by atoms with Crippen LogP contribution in [-0.2, 0) is 0 Å². The summed E-state index contributed by atoms with van der Waals surface area (Å²) in [6.07, 6.45) is 2.45. The lowest BCUT2D eigenvalue weighted by Crippen LogP contribution is -2.48. The zero-order valence-corrected chi connectivity index (χ0v) is 12.9. The largest absolute Gasteiger partial charge is 0.338 e. The topological polar surface area (TPSA) is 45.4 Å².